The Morgan fingerprint density at radius 3 is 2.83 bits per heavy atom. The Balaban J connectivity index is 1.73. The highest BCUT2D eigenvalue weighted by Crippen LogP contribution is 2.31. The molecule has 0 spiro atoms. The average Bonchev–Trinajstić information content (AvgIpc) is 2.86. The van der Waals surface area contributed by atoms with E-state index < -0.39 is 0 Å². The minimum atomic E-state index is -0.240. The van der Waals surface area contributed by atoms with Gasteiger partial charge in [-0.25, -0.2) is 4.39 Å². The molecule has 1 aromatic heterocycles. The van der Waals surface area contributed by atoms with E-state index in [1.807, 2.05) is 23.1 Å². The SMILES string of the molecule is O=C(CSc1ccncc1)N1CCCCC[C@H]1c1cccc(F)c1. The fraction of sp³-hybridized carbons (Fsp3) is 0.368. The highest BCUT2D eigenvalue weighted by Gasteiger charge is 2.26. The number of pyridine rings is 1. The summed E-state index contributed by atoms with van der Waals surface area (Å²) in [5, 5.41) is 0. The number of benzene rings is 1. The zero-order valence-corrected chi connectivity index (χ0v) is 14.3. The van der Waals surface area contributed by atoms with Crippen LogP contribution in [0, 0.1) is 5.82 Å². The molecule has 1 aromatic carbocycles. The molecule has 0 aliphatic carbocycles. The first kappa shape index (κ1) is 17.0. The molecule has 5 heteroatoms. The van der Waals surface area contributed by atoms with Gasteiger partial charge in [0.2, 0.25) is 5.91 Å². The van der Waals surface area contributed by atoms with Crippen LogP contribution in [0.25, 0.3) is 0 Å². The molecule has 1 amide bonds. The highest BCUT2D eigenvalue weighted by molar-refractivity contribution is 8.00. The number of nitrogens with zero attached hydrogens (tertiary/aromatic N) is 2. The van der Waals surface area contributed by atoms with Crippen molar-refractivity contribution in [3.63, 3.8) is 0 Å². The van der Waals surface area contributed by atoms with E-state index in [9.17, 15) is 9.18 Å². The predicted molar refractivity (Wildman–Crippen MR) is 94.3 cm³/mol. The number of halogens is 1. The van der Waals surface area contributed by atoms with Gasteiger partial charge in [0.1, 0.15) is 5.82 Å². The van der Waals surface area contributed by atoms with Crippen molar-refractivity contribution in [2.45, 2.75) is 36.6 Å². The second kappa shape index (κ2) is 8.29. The Labute approximate surface area is 146 Å². The van der Waals surface area contributed by atoms with E-state index in [2.05, 4.69) is 4.98 Å². The van der Waals surface area contributed by atoms with Crippen LogP contribution in [0.3, 0.4) is 0 Å². The quantitative estimate of drug-likeness (QED) is 0.768. The summed E-state index contributed by atoms with van der Waals surface area (Å²) in [6.45, 7) is 0.747. The van der Waals surface area contributed by atoms with Gasteiger partial charge >= 0.3 is 0 Å². The Morgan fingerprint density at radius 1 is 1.21 bits per heavy atom. The molecule has 1 atom stereocenters. The predicted octanol–water partition coefficient (Wildman–Crippen LogP) is 4.46. The maximum atomic E-state index is 13.6. The molecule has 1 fully saturated rings. The van der Waals surface area contributed by atoms with Crippen molar-refractivity contribution in [1.29, 1.82) is 0 Å². The molecule has 3 rings (SSSR count). The number of likely N-dealkylation sites (tertiary alicyclic amines) is 1. The number of hydrogen-bond donors (Lipinski definition) is 0. The molecular formula is C19H21FN2OS. The molecule has 0 N–H and O–H groups in total. The lowest BCUT2D eigenvalue weighted by atomic mass is 10.0. The summed E-state index contributed by atoms with van der Waals surface area (Å²) in [6.07, 6.45) is 7.56. The second-order valence-electron chi connectivity index (χ2n) is 5.98. The van der Waals surface area contributed by atoms with E-state index in [1.54, 1.807) is 24.5 Å². The van der Waals surface area contributed by atoms with Gasteiger partial charge in [0, 0.05) is 23.8 Å². The molecular weight excluding hydrogens is 323 g/mol. The minimum absolute atomic E-state index is 0.0197. The molecule has 0 bridgehead atoms. The molecule has 0 saturated carbocycles. The number of thioether (sulfide) groups is 1. The van der Waals surface area contributed by atoms with Crippen molar-refractivity contribution in [2.24, 2.45) is 0 Å². The van der Waals surface area contributed by atoms with Crippen LogP contribution >= 0.6 is 11.8 Å². The number of carbonyl (C=O) groups excluding carboxylic acids is 1. The van der Waals surface area contributed by atoms with Crippen molar-refractivity contribution in [2.75, 3.05) is 12.3 Å². The second-order valence-corrected chi connectivity index (χ2v) is 7.03. The lowest BCUT2D eigenvalue weighted by molar-refractivity contribution is -0.130. The number of amides is 1. The topological polar surface area (TPSA) is 33.2 Å². The molecule has 0 radical (unpaired) electrons. The van der Waals surface area contributed by atoms with Crippen LogP contribution in [0.1, 0.15) is 37.3 Å². The fourth-order valence-corrected chi connectivity index (χ4v) is 3.90. The first-order valence-electron chi connectivity index (χ1n) is 8.32. The summed E-state index contributed by atoms with van der Waals surface area (Å²) >= 11 is 1.52. The third-order valence-electron chi connectivity index (χ3n) is 4.32. The number of hydrogen-bond acceptors (Lipinski definition) is 3. The van der Waals surface area contributed by atoms with E-state index in [0.717, 1.165) is 42.7 Å². The Morgan fingerprint density at radius 2 is 2.04 bits per heavy atom. The smallest absolute Gasteiger partial charge is 0.233 e. The van der Waals surface area contributed by atoms with Crippen LogP contribution in [0.5, 0.6) is 0 Å². The Bertz CT molecular complexity index is 680. The van der Waals surface area contributed by atoms with Gasteiger partial charge in [0.05, 0.1) is 11.8 Å². The summed E-state index contributed by atoms with van der Waals surface area (Å²) in [7, 11) is 0. The lowest BCUT2D eigenvalue weighted by Crippen LogP contribution is -2.36. The van der Waals surface area contributed by atoms with Gasteiger partial charge in [-0.3, -0.25) is 9.78 Å². The van der Waals surface area contributed by atoms with Crippen molar-refractivity contribution in [1.82, 2.24) is 9.88 Å². The first-order chi connectivity index (χ1) is 11.7. The third kappa shape index (κ3) is 4.35. The molecule has 2 aromatic rings. The fourth-order valence-electron chi connectivity index (χ4n) is 3.13. The van der Waals surface area contributed by atoms with Gasteiger partial charge in [-0.2, -0.15) is 0 Å². The van der Waals surface area contributed by atoms with Crippen molar-refractivity contribution in [3.8, 4) is 0 Å². The Kier molecular flexibility index (Phi) is 5.86. The number of rotatable bonds is 4. The van der Waals surface area contributed by atoms with E-state index in [1.165, 1.54) is 17.8 Å². The van der Waals surface area contributed by atoms with Crippen molar-refractivity contribution < 1.29 is 9.18 Å². The van der Waals surface area contributed by atoms with Gasteiger partial charge in [0.25, 0.3) is 0 Å². The van der Waals surface area contributed by atoms with Crippen molar-refractivity contribution >= 4 is 17.7 Å². The van der Waals surface area contributed by atoms with Gasteiger partial charge in [-0.05, 0) is 42.7 Å². The zero-order chi connectivity index (χ0) is 16.8. The molecule has 3 nitrogen and oxygen atoms in total. The van der Waals surface area contributed by atoms with Crippen LogP contribution < -0.4 is 0 Å². The third-order valence-corrected chi connectivity index (χ3v) is 5.32. The monoisotopic (exact) mass is 344 g/mol. The molecule has 1 aliphatic rings. The molecule has 0 unspecified atom stereocenters. The normalized spacial score (nSPS) is 18.2. The average molecular weight is 344 g/mol. The van der Waals surface area contributed by atoms with Gasteiger partial charge in [-0.15, -0.1) is 11.8 Å². The number of aromatic nitrogens is 1. The molecule has 126 valence electrons. The number of carbonyl (C=O) groups is 1. The molecule has 2 heterocycles. The summed E-state index contributed by atoms with van der Waals surface area (Å²) in [5.41, 5.74) is 0.902. The van der Waals surface area contributed by atoms with E-state index in [4.69, 9.17) is 0 Å². The summed E-state index contributed by atoms with van der Waals surface area (Å²) < 4.78 is 13.6. The maximum absolute atomic E-state index is 13.6. The van der Waals surface area contributed by atoms with Gasteiger partial charge in [-0.1, -0.05) is 25.0 Å². The summed E-state index contributed by atoms with van der Waals surface area (Å²) in [6, 6.07) is 10.5. The van der Waals surface area contributed by atoms with Crippen LogP contribution in [0.2, 0.25) is 0 Å². The van der Waals surface area contributed by atoms with Gasteiger partial charge in [0.15, 0.2) is 0 Å². The van der Waals surface area contributed by atoms with E-state index in [-0.39, 0.29) is 17.8 Å². The molecule has 1 saturated heterocycles. The highest BCUT2D eigenvalue weighted by atomic mass is 32.2. The Hall–Kier alpha value is -1.88. The standard InChI is InChI=1S/C19H21FN2OS/c20-16-6-4-5-15(13-16)18-7-2-1-3-12-22(18)19(23)14-24-17-8-10-21-11-9-17/h4-6,8-11,13,18H,1-3,7,12,14H2/t18-/m0/s1. The molecule has 1 aliphatic heterocycles. The van der Waals surface area contributed by atoms with Crippen LogP contribution in [0.4, 0.5) is 4.39 Å². The minimum Gasteiger partial charge on any atom is -0.335 e. The molecule has 24 heavy (non-hydrogen) atoms. The van der Waals surface area contributed by atoms with Gasteiger partial charge < -0.3 is 4.90 Å². The maximum Gasteiger partial charge on any atom is 0.233 e. The lowest BCUT2D eigenvalue weighted by Gasteiger charge is -2.30. The van der Waals surface area contributed by atoms with Crippen LogP contribution in [-0.4, -0.2) is 28.1 Å². The first-order valence-corrected chi connectivity index (χ1v) is 9.30. The van der Waals surface area contributed by atoms with Crippen molar-refractivity contribution in [3.05, 3.63) is 60.2 Å². The van der Waals surface area contributed by atoms with E-state index in [0.29, 0.717) is 5.75 Å². The zero-order valence-electron chi connectivity index (χ0n) is 13.5. The largest absolute Gasteiger partial charge is 0.335 e. The summed E-state index contributed by atoms with van der Waals surface area (Å²) in [5.74, 6) is 0.277. The van der Waals surface area contributed by atoms with E-state index >= 15 is 0 Å². The van der Waals surface area contributed by atoms with Crippen LogP contribution in [-0.2, 0) is 4.79 Å². The summed E-state index contributed by atoms with van der Waals surface area (Å²) in [4.78, 5) is 19.8. The van der Waals surface area contributed by atoms with Crippen LogP contribution in [0.15, 0.2) is 53.7 Å².